The van der Waals surface area contributed by atoms with Gasteiger partial charge in [0, 0.05) is 44.9 Å². The zero-order chi connectivity index (χ0) is 30.4. The first kappa shape index (κ1) is 32.5. The molecule has 2 aliphatic rings. The van der Waals surface area contributed by atoms with Crippen molar-refractivity contribution in [1.29, 1.82) is 0 Å². The molecule has 1 aromatic carbocycles. The normalized spacial score (nSPS) is 18.7. The molecule has 224 valence electrons. The van der Waals surface area contributed by atoms with Crippen LogP contribution >= 0.6 is 58.5 Å². The largest absolute Gasteiger partial charge is 0.480 e. The highest BCUT2D eigenvalue weighted by Gasteiger charge is 2.54. The molecule has 2 amide bonds. The molecular weight excluding hydrogens is 643 g/mol. The van der Waals surface area contributed by atoms with Crippen molar-refractivity contribution in [2.24, 2.45) is 5.73 Å². The maximum absolute atomic E-state index is 13.0. The number of carboxylic acid groups (broad SMARTS) is 2. The van der Waals surface area contributed by atoms with Gasteiger partial charge in [0.1, 0.15) is 29.7 Å². The topological polar surface area (TPSA) is 154 Å². The Balaban J connectivity index is 1.29. The summed E-state index contributed by atoms with van der Waals surface area (Å²) in [5, 5.41) is 22.0. The van der Waals surface area contributed by atoms with Gasteiger partial charge in [-0.25, -0.2) is 9.36 Å². The van der Waals surface area contributed by atoms with Gasteiger partial charge in [-0.15, -0.1) is 35.3 Å². The average molecular weight is 673 g/mol. The van der Waals surface area contributed by atoms with Crippen LogP contribution in [-0.2, 0) is 25.7 Å². The zero-order valence-electron chi connectivity index (χ0n) is 22.2. The third-order valence-corrected chi connectivity index (χ3v) is 10.8. The van der Waals surface area contributed by atoms with E-state index in [-0.39, 0.29) is 17.4 Å². The third kappa shape index (κ3) is 8.14. The summed E-state index contributed by atoms with van der Waals surface area (Å²) >= 11 is 16.3. The molecule has 0 spiro atoms. The van der Waals surface area contributed by atoms with Crippen molar-refractivity contribution in [2.45, 2.75) is 53.1 Å². The summed E-state index contributed by atoms with van der Waals surface area (Å²) < 4.78 is 1.99. The number of benzene rings is 1. The van der Waals surface area contributed by atoms with Crippen molar-refractivity contribution < 1.29 is 34.0 Å². The van der Waals surface area contributed by atoms with Gasteiger partial charge >= 0.3 is 11.9 Å². The van der Waals surface area contributed by atoms with Crippen LogP contribution in [0.3, 0.4) is 0 Å². The van der Waals surface area contributed by atoms with Crippen LogP contribution in [0.2, 0.25) is 10.0 Å². The number of aromatic nitrogens is 1. The van der Waals surface area contributed by atoms with Gasteiger partial charge in [0.25, 0.3) is 5.91 Å². The van der Waals surface area contributed by atoms with Crippen molar-refractivity contribution in [2.75, 3.05) is 17.3 Å². The number of aryl methyl sites for hydroxylation is 1. The molecule has 4 rings (SSSR count). The molecule has 0 aliphatic carbocycles. The number of carboxylic acids is 2. The van der Waals surface area contributed by atoms with Crippen molar-refractivity contribution in [3.63, 3.8) is 0 Å². The van der Waals surface area contributed by atoms with Crippen LogP contribution in [0.4, 0.5) is 0 Å². The van der Waals surface area contributed by atoms with Crippen LogP contribution in [0.15, 0.2) is 63.8 Å². The Bertz CT molecular complexity index is 1390. The summed E-state index contributed by atoms with van der Waals surface area (Å²) in [6.45, 7) is 0.728. The number of nitrogens with zero attached hydrogens (tertiary/aromatic N) is 2. The summed E-state index contributed by atoms with van der Waals surface area (Å²) in [6.07, 6.45) is 5.77. The number of carbonyl (C=O) groups is 4. The van der Waals surface area contributed by atoms with E-state index in [1.165, 1.54) is 40.2 Å². The summed E-state index contributed by atoms with van der Waals surface area (Å²) in [6, 6.07) is 7.19. The van der Waals surface area contributed by atoms with Crippen molar-refractivity contribution in [3.05, 3.63) is 64.0 Å². The number of aliphatic carboxylic acids is 2. The van der Waals surface area contributed by atoms with E-state index in [4.69, 9.17) is 34.0 Å². The average Bonchev–Trinajstić information content (AvgIpc) is 2.97. The lowest BCUT2D eigenvalue weighted by atomic mass is 10.0. The second kappa shape index (κ2) is 14.8. The fourth-order valence-electron chi connectivity index (χ4n) is 4.38. The maximum atomic E-state index is 13.0. The zero-order valence-corrected chi connectivity index (χ0v) is 26.2. The molecule has 5 N–H and O–H groups in total. The Morgan fingerprint density at radius 3 is 2.57 bits per heavy atom. The predicted octanol–water partition coefficient (Wildman–Crippen LogP) is 3.49. The summed E-state index contributed by atoms with van der Waals surface area (Å²) in [5.41, 5.74) is 6.15. The Morgan fingerprint density at radius 1 is 1.14 bits per heavy atom. The van der Waals surface area contributed by atoms with Gasteiger partial charge in [-0.3, -0.25) is 19.3 Å². The quantitative estimate of drug-likeness (QED) is 0.102. The van der Waals surface area contributed by atoms with Crippen LogP contribution in [0.25, 0.3) is 0 Å². The number of thioether (sulfide) groups is 3. The third-order valence-electron chi connectivity index (χ3n) is 6.59. The Morgan fingerprint density at radius 2 is 1.88 bits per heavy atom. The van der Waals surface area contributed by atoms with E-state index in [1.54, 1.807) is 18.2 Å². The second-order valence-corrected chi connectivity index (χ2v) is 13.6. The van der Waals surface area contributed by atoms with Crippen molar-refractivity contribution >= 4 is 82.2 Å². The molecule has 0 bridgehead atoms. The van der Waals surface area contributed by atoms with Crippen LogP contribution in [0, 0.1) is 0 Å². The number of halogens is 2. The minimum Gasteiger partial charge on any atom is -0.480 e. The predicted molar refractivity (Wildman–Crippen MR) is 164 cm³/mol. The number of hydrogen-bond acceptors (Lipinski definition) is 8. The molecule has 1 saturated heterocycles. The van der Waals surface area contributed by atoms with Gasteiger partial charge in [0.15, 0.2) is 12.4 Å². The van der Waals surface area contributed by atoms with E-state index < -0.39 is 35.3 Å². The van der Waals surface area contributed by atoms with Gasteiger partial charge in [0.05, 0.1) is 10.8 Å². The molecular formula is C27H29Cl2N4O6S3+. The molecule has 10 nitrogen and oxygen atoms in total. The highest BCUT2D eigenvalue weighted by atomic mass is 35.5. The molecule has 2 aliphatic heterocycles. The Hall–Kier alpha value is -2.42. The van der Waals surface area contributed by atoms with Crippen LogP contribution in [0.5, 0.6) is 0 Å². The smallest absolute Gasteiger partial charge is 0.352 e. The molecule has 0 radical (unpaired) electrons. The number of hydrogen-bond donors (Lipinski definition) is 4. The van der Waals surface area contributed by atoms with E-state index in [9.17, 15) is 24.3 Å². The fourth-order valence-corrected chi connectivity index (χ4v) is 8.06. The van der Waals surface area contributed by atoms with Crippen molar-refractivity contribution in [1.82, 2.24) is 10.2 Å². The second-order valence-electron chi connectivity index (χ2n) is 9.58. The number of pyridine rings is 1. The van der Waals surface area contributed by atoms with E-state index in [0.717, 1.165) is 17.9 Å². The lowest BCUT2D eigenvalue weighted by Gasteiger charge is -2.49. The molecule has 1 aromatic heterocycles. The summed E-state index contributed by atoms with van der Waals surface area (Å²) in [5.74, 6) is -2.12. The number of unbranched alkanes of at least 4 members (excludes halogenated alkanes) is 1. The van der Waals surface area contributed by atoms with Crippen molar-refractivity contribution in [3.8, 4) is 0 Å². The van der Waals surface area contributed by atoms with Crippen LogP contribution < -0.4 is 15.6 Å². The number of nitrogens with two attached hydrogens (primary N) is 1. The highest BCUT2D eigenvalue weighted by Crippen LogP contribution is 2.41. The van der Waals surface area contributed by atoms with Crippen LogP contribution in [-0.4, -0.2) is 73.6 Å². The Labute approximate surface area is 265 Å². The summed E-state index contributed by atoms with van der Waals surface area (Å²) in [4.78, 5) is 51.4. The van der Waals surface area contributed by atoms with Gasteiger partial charge < -0.3 is 21.3 Å². The SMILES string of the molecule is N[C@@H](CCCC[n+]1ccc(SCC2=C(C(=O)O)N3C(=O)[C@H](NC(=O)CSc4cc(Cl)ccc4Cl)[C@H]3SC2)cc1)C(=O)O. The molecule has 15 heteroatoms. The van der Waals surface area contributed by atoms with E-state index in [0.29, 0.717) is 44.9 Å². The van der Waals surface area contributed by atoms with E-state index in [1.807, 2.05) is 29.1 Å². The van der Waals surface area contributed by atoms with Gasteiger partial charge in [-0.05, 0) is 36.6 Å². The van der Waals surface area contributed by atoms with Gasteiger partial charge in [0.2, 0.25) is 5.91 Å². The fraction of sp³-hybridized carbons (Fsp3) is 0.370. The molecule has 1 fully saturated rings. The number of β-lactam (4-membered cyclic amide) rings is 1. The molecule has 3 heterocycles. The number of nitrogens with one attached hydrogen (secondary N) is 1. The number of fused-ring (bicyclic) bond motifs is 1. The molecule has 3 atom stereocenters. The minimum atomic E-state index is -1.17. The lowest BCUT2D eigenvalue weighted by Crippen LogP contribution is -2.70. The first-order chi connectivity index (χ1) is 20.0. The lowest BCUT2D eigenvalue weighted by molar-refractivity contribution is -0.697. The van der Waals surface area contributed by atoms with Gasteiger partial charge in [-0.1, -0.05) is 23.2 Å². The van der Waals surface area contributed by atoms with Gasteiger partial charge in [-0.2, -0.15) is 0 Å². The number of amides is 2. The first-order valence-electron chi connectivity index (χ1n) is 12.9. The number of carbonyl (C=O) groups excluding carboxylic acids is 2. The molecule has 0 unspecified atom stereocenters. The molecule has 0 saturated carbocycles. The summed E-state index contributed by atoms with van der Waals surface area (Å²) in [7, 11) is 0. The van der Waals surface area contributed by atoms with E-state index in [2.05, 4.69) is 5.32 Å². The first-order valence-corrected chi connectivity index (χ1v) is 16.7. The highest BCUT2D eigenvalue weighted by molar-refractivity contribution is 8.01. The monoisotopic (exact) mass is 671 g/mol. The maximum Gasteiger partial charge on any atom is 0.352 e. The minimum absolute atomic E-state index is 0.0209. The standard InChI is InChI=1S/C27H28Cl2N4O6S3/c28-16-4-5-18(29)20(11-16)41-14-21(34)31-22-24(35)33-23(27(38)39)15(13-42-25(22)33)12-40-17-6-9-32(10-7-17)8-2-1-3-19(30)26(36)37/h4-7,9-11,19,22,25H,1-3,8,12-14,30H2,(H2-,31,34,36,37,38,39)/p+1/t19-,22-,25+/m0/s1. The Kier molecular flexibility index (Phi) is 11.5. The molecule has 42 heavy (non-hydrogen) atoms. The molecule has 2 aromatic rings. The van der Waals surface area contributed by atoms with Crippen LogP contribution in [0.1, 0.15) is 19.3 Å². The van der Waals surface area contributed by atoms with E-state index >= 15 is 0 Å². The number of rotatable bonds is 14.